The summed E-state index contributed by atoms with van der Waals surface area (Å²) in [5.74, 6) is 1.35. The van der Waals surface area contributed by atoms with Crippen LogP contribution in [0.2, 0.25) is 0 Å². The predicted octanol–water partition coefficient (Wildman–Crippen LogP) is 3.84. The number of amides is 1. The fourth-order valence-corrected chi connectivity index (χ4v) is 4.17. The molecule has 0 unspecified atom stereocenters. The molecule has 36 heavy (non-hydrogen) atoms. The van der Waals surface area contributed by atoms with Gasteiger partial charge >= 0.3 is 5.97 Å². The number of nitrogens with zero attached hydrogens (tertiary/aromatic N) is 2. The Hall–Kier alpha value is -3.72. The van der Waals surface area contributed by atoms with E-state index in [0.717, 1.165) is 54.5 Å². The molecule has 2 N–H and O–H groups in total. The van der Waals surface area contributed by atoms with E-state index in [1.54, 1.807) is 24.4 Å². The van der Waals surface area contributed by atoms with Crippen molar-refractivity contribution < 1.29 is 28.6 Å². The summed E-state index contributed by atoms with van der Waals surface area (Å²) >= 11 is 0. The van der Waals surface area contributed by atoms with Crippen molar-refractivity contribution in [3.8, 4) is 5.75 Å². The summed E-state index contributed by atoms with van der Waals surface area (Å²) in [6, 6.07) is 10.7. The number of carbonyl (C=O) groups is 2. The number of oxazole rings is 1. The molecule has 1 amide bonds. The maximum atomic E-state index is 12.4. The predicted molar refractivity (Wildman–Crippen MR) is 131 cm³/mol. The number of carbonyl (C=O) groups excluding carboxylic acids is 1. The normalized spacial score (nSPS) is 13.9. The highest BCUT2D eigenvalue weighted by Crippen LogP contribution is 2.28. The lowest BCUT2D eigenvalue weighted by molar-refractivity contribution is -0.136. The van der Waals surface area contributed by atoms with Gasteiger partial charge in [0, 0.05) is 44.7 Å². The SMILES string of the molecule is Cc1oc(C2CCOCC2)nc1CCOc1ccc(CCC(=O)O)c(CNC(=O)c2ccccn2)c1. The fourth-order valence-electron chi connectivity index (χ4n) is 4.17. The molecule has 3 aromatic rings. The zero-order chi connectivity index (χ0) is 25.3. The molecule has 0 bridgehead atoms. The quantitative estimate of drug-likeness (QED) is 0.413. The standard InChI is InChI=1S/C27H31N3O6/c1-18-23(30-27(36-18)20-9-13-34-14-10-20)11-15-35-22-7-5-19(6-8-25(31)32)21(16-22)17-29-26(33)24-4-2-3-12-28-24/h2-5,7,12,16,20H,6,8-11,13-15,17H2,1H3,(H,29,33)(H,31,32). The number of nitrogens with one attached hydrogen (secondary N) is 1. The molecule has 190 valence electrons. The topological polar surface area (TPSA) is 124 Å². The van der Waals surface area contributed by atoms with Gasteiger partial charge in [0.2, 0.25) is 0 Å². The number of carboxylic acids is 1. The molecule has 1 saturated heterocycles. The summed E-state index contributed by atoms with van der Waals surface area (Å²) in [4.78, 5) is 32.3. The second-order valence-electron chi connectivity index (χ2n) is 8.76. The van der Waals surface area contributed by atoms with Crippen molar-refractivity contribution in [3.05, 3.63) is 76.8 Å². The summed E-state index contributed by atoms with van der Waals surface area (Å²) in [6.45, 7) is 4.04. The number of hydrogen-bond donors (Lipinski definition) is 2. The van der Waals surface area contributed by atoms with E-state index in [1.165, 1.54) is 0 Å². The zero-order valence-corrected chi connectivity index (χ0v) is 20.4. The van der Waals surface area contributed by atoms with Crippen LogP contribution in [0.3, 0.4) is 0 Å². The smallest absolute Gasteiger partial charge is 0.303 e. The molecule has 1 aliphatic heterocycles. The Labute approximate surface area is 209 Å². The van der Waals surface area contributed by atoms with Crippen LogP contribution in [-0.4, -0.2) is 46.8 Å². The monoisotopic (exact) mass is 493 g/mol. The largest absolute Gasteiger partial charge is 0.493 e. The van der Waals surface area contributed by atoms with Crippen molar-refractivity contribution >= 4 is 11.9 Å². The van der Waals surface area contributed by atoms with Crippen LogP contribution in [0.15, 0.2) is 47.0 Å². The molecule has 4 rings (SSSR count). The van der Waals surface area contributed by atoms with Gasteiger partial charge in [0.25, 0.3) is 5.91 Å². The first-order valence-electron chi connectivity index (χ1n) is 12.2. The van der Waals surface area contributed by atoms with Gasteiger partial charge in [0.1, 0.15) is 17.2 Å². The van der Waals surface area contributed by atoms with Crippen molar-refractivity contribution in [3.63, 3.8) is 0 Å². The van der Waals surface area contributed by atoms with Crippen LogP contribution >= 0.6 is 0 Å². The van der Waals surface area contributed by atoms with Gasteiger partial charge in [-0.15, -0.1) is 0 Å². The Bertz CT molecular complexity index is 1170. The molecular weight excluding hydrogens is 462 g/mol. The van der Waals surface area contributed by atoms with Gasteiger partial charge in [-0.05, 0) is 61.6 Å². The van der Waals surface area contributed by atoms with Crippen molar-refractivity contribution in [2.45, 2.75) is 51.5 Å². The Morgan fingerprint density at radius 3 is 2.72 bits per heavy atom. The van der Waals surface area contributed by atoms with E-state index in [1.807, 2.05) is 25.1 Å². The summed E-state index contributed by atoms with van der Waals surface area (Å²) in [5.41, 5.74) is 2.86. The highest BCUT2D eigenvalue weighted by atomic mass is 16.5. The maximum absolute atomic E-state index is 12.4. The van der Waals surface area contributed by atoms with E-state index in [4.69, 9.17) is 24.0 Å². The van der Waals surface area contributed by atoms with E-state index in [2.05, 4.69) is 10.3 Å². The lowest BCUT2D eigenvalue weighted by Gasteiger charge is -2.18. The number of carboxylic acid groups (broad SMARTS) is 1. The van der Waals surface area contributed by atoms with Crippen molar-refractivity contribution in [2.24, 2.45) is 0 Å². The van der Waals surface area contributed by atoms with Crippen LogP contribution in [-0.2, 0) is 28.9 Å². The third-order valence-electron chi connectivity index (χ3n) is 6.21. The third-order valence-corrected chi connectivity index (χ3v) is 6.21. The summed E-state index contributed by atoms with van der Waals surface area (Å²) in [5, 5.41) is 12.0. The average molecular weight is 494 g/mol. The van der Waals surface area contributed by atoms with Gasteiger partial charge < -0.3 is 24.3 Å². The zero-order valence-electron chi connectivity index (χ0n) is 20.4. The van der Waals surface area contributed by atoms with Crippen LogP contribution in [0, 0.1) is 6.92 Å². The highest BCUT2D eigenvalue weighted by molar-refractivity contribution is 5.92. The van der Waals surface area contributed by atoms with E-state index < -0.39 is 5.97 Å². The first-order valence-corrected chi connectivity index (χ1v) is 12.2. The summed E-state index contributed by atoms with van der Waals surface area (Å²) in [6.07, 6.45) is 4.36. The Morgan fingerprint density at radius 1 is 1.14 bits per heavy atom. The number of aliphatic carboxylic acids is 1. The van der Waals surface area contributed by atoms with Gasteiger partial charge in [-0.2, -0.15) is 0 Å². The lowest BCUT2D eigenvalue weighted by atomic mass is 10.0. The van der Waals surface area contributed by atoms with Gasteiger partial charge in [-0.25, -0.2) is 4.98 Å². The molecule has 0 atom stereocenters. The molecule has 3 heterocycles. The second kappa shape index (κ2) is 12.3. The minimum Gasteiger partial charge on any atom is -0.493 e. The highest BCUT2D eigenvalue weighted by Gasteiger charge is 2.22. The Kier molecular flexibility index (Phi) is 8.67. The van der Waals surface area contributed by atoms with Crippen LogP contribution < -0.4 is 10.1 Å². The maximum Gasteiger partial charge on any atom is 0.303 e. The first kappa shape index (κ1) is 25.4. The first-order chi connectivity index (χ1) is 17.5. The number of hydrogen-bond acceptors (Lipinski definition) is 7. The minimum absolute atomic E-state index is 0.00226. The molecule has 2 aromatic heterocycles. The Morgan fingerprint density at radius 2 is 1.97 bits per heavy atom. The van der Waals surface area contributed by atoms with Crippen LogP contribution in [0.1, 0.15) is 64.1 Å². The van der Waals surface area contributed by atoms with Crippen molar-refractivity contribution in [2.75, 3.05) is 19.8 Å². The third kappa shape index (κ3) is 6.91. The van der Waals surface area contributed by atoms with Gasteiger partial charge in [-0.3, -0.25) is 14.6 Å². The Balaban J connectivity index is 1.38. The summed E-state index contributed by atoms with van der Waals surface area (Å²) in [7, 11) is 0. The fraction of sp³-hybridized carbons (Fsp3) is 0.407. The molecule has 0 radical (unpaired) electrons. The number of aromatic nitrogens is 2. The van der Waals surface area contributed by atoms with E-state index in [9.17, 15) is 9.59 Å². The lowest BCUT2D eigenvalue weighted by Crippen LogP contribution is -2.24. The number of rotatable bonds is 11. The number of ether oxygens (including phenoxy) is 2. The number of pyridine rings is 1. The van der Waals surface area contributed by atoms with Crippen molar-refractivity contribution in [1.29, 1.82) is 0 Å². The average Bonchev–Trinajstić information content (AvgIpc) is 3.27. The van der Waals surface area contributed by atoms with Crippen LogP contribution in [0.25, 0.3) is 0 Å². The second-order valence-corrected chi connectivity index (χ2v) is 8.76. The molecular formula is C27H31N3O6. The minimum atomic E-state index is -0.873. The number of aryl methyl sites for hydroxylation is 2. The molecule has 1 fully saturated rings. The van der Waals surface area contributed by atoms with E-state index >= 15 is 0 Å². The molecule has 9 heteroatoms. The van der Waals surface area contributed by atoms with E-state index in [0.29, 0.717) is 36.8 Å². The van der Waals surface area contributed by atoms with Gasteiger partial charge in [-0.1, -0.05) is 12.1 Å². The van der Waals surface area contributed by atoms with Gasteiger partial charge in [0.15, 0.2) is 5.89 Å². The molecule has 9 nitrogen and oxygen atoms in total. The van der Waals surface area contributed by atoms with Gasteiger partial charge in [0.05, 0.1) is 12.3 Å². The summed E-state index contributed by atoms with van der Waals surface area (Å²) < 4.78 is 17.3. The molecule has 0 saturated carbocycles. The molecule has 1 aromatic carbocycles. The molecule has 1 aliphatic rings. The van der Waals surface area contributed by atoms with E-state index in [-0.39, 0.29) is 18.9 Å². The number of benzene rings is 1. The van der Waals surface area contributed by atoms with Crippen LogP contribution in [0.4, 0.5) is 0 Å². The van der Waals surface area contributed by atoms with Crippen molar-refractivity contribution in [1.82, 2.24) is 15.3 Å². The molecule has 0 spiro atoms. The molecule has 0 aliphatic carbocycles. The van der Waals surface area contributed by atoms with Crippen LogP contribution in [0.5, 0.6) is 5.75 Å².